The molecule has 1 N–H and O–H groups in total. The summed E-state index contributed by atoms with van der Waals surface area (Å²) in [6.07, 6.45) is 0. The minimum absolute atomic E-state index is 0.192. The van der Waals surface area contributed by atoms with E-state index in [4.69, 9.17) is 16.0 Å². The van der Waals surface area contributed by atoms with E-state index in [1.54, 1.807) is 12.1 Å². The van der Waals surface area contributed by atoms with Crippen molar-refractivity contribution in [2.45, 2.75) is 0 Å². The Bertz CT molecular complexity index is 525. The number of carbonyl (C=O) groups is 1. The maximum Gasteiger partial charge on any atom is 0.417 e. The molecule has 0 fully saturated rings. The zero-order chi connectivity index (χ0) is 9.42. The summed E-state index contributed by atoms with van der Waals surface area (Å²) in [5, 5.41) is -0.645. The number of oxazole rings is 1. The van der Waals surface area contributed by atoms with Gasteiger partial charge in [0.25, 0.3) is 5.24 Å². The molecule has 1 aromatic heterocycles. The van der Waals surface area contributed by atoms with Gasteiger partial charge in [0.15, 0.2) is 5.58 Å². The number of hydrogen-bond acceptors (Lipinski definition) is 3. The SMILES string of the molecule is O=C(Cl)c1cccc2[nH]c(=O)oc12. The molecule has 1 aromatic carbocycles. The van der Waals surface area contributed by atoms with Gasteiger partial charge in [-0.25, -0.2) is 4.79 Å². The minimum Gasteiger partial charge on any atom is -0.407 e. The van der Waals surface area contributed by atoms with Gasteiger partial charge in [0.05, 0.1) is 11.1 Å². The zero-order valence-corrected chi connectivity index (χ0v) is 7.09. The van der Waals surface area contributed by atoms with Crippen molar-refractivity contribution >= 4 is 27.9 Å². The van der Waals surface area contributed by atoms with Crippen LogP contribution in [0.25, 0.3) is 11.1 Å². The molecule has 0 atom stereocenters. The molecule has 0 unspecified atom stereocenters. The van der Waals surface area contributed by atoms with Crippen LogP contribution in [0.15, 0.2) is 27.4 Å². The number of hydrogen-bond donors (Lipinski definition) is 1. The van der Waals surface area contributed by atoms with Gasteiger partial charge >= 0.3 is 5.76 Å². The summed E-state index contributed by atoms with van der Waals surface area (Å²) in [5.41, 5.74) is 0.863. The molecule has 0 saturated heterocycles. The summed E-state index contributed by atoms with van der Waals surface area (Å²) in [6, 6.07) is 4.74. The van der Waals surface area contributed by atoms with E-state index in [9.17, 15) is 9.59 Å². The van der Waals surface area contributed by atoms with Gasteiger partial charge in [0.2, 0.25) is 0 Å². The predicted molar refractivity (Wildman–Crippen MR) is 47.0 cm³/mol. The van der Waals surface area contributed by atoms with E-state index < -0.39 is 11.0 Å². The van der Waals surface area contributed by atoms with E-state index in [1.807, 2.05) is 0 Å². The molecule has 0 spiro atoms. The second kappa shape index (κ2) is 2.74. The van der Waals surface area contributed by atoms with Crippen LogP contribution in [0.1, 0.15) is 10.4 Å². The van der Waals surface area contributed by atoms with Crippen molar-refractivity contribution in [3.05, 3.63) is 34.3 Å². The first-order chi connectivity index (χ1) is 6.18. The highest BCUT2D eigenvalue weighted by molar-refractivity contribution is 6.68. The third-order valence-corrected chi connectivity index (χ3v) is 1.86. The summed E-state index contributed by atoms with van der Waals surface area (Å²) < 4.78 is 4.74. The van der Waals surface area contributed by atoms with Crippen LogP contribution in [0, 0.1) is 0 Å². The zero-order valence-electron chi connectivity index (χ0n) is 6.33. The van der Waals surface area contributed by atoms with E-state index >= 15 is 0 Å². The maximum atomic E-state index is 10.9. The van der Waals surface area contributed by atoms with Gasteiger partial charge in [-0.15, -0.1) is 0 Å². The molecule has 0 radical (unpaired) electrons. The fourth-order valence-corrected chi connectivity index (χ4v) is 1.28. The average Bonchev–Trinajstić information content (AvgIpc) is 2.43. The highest BCUT2D eigenvalue weighted by atomic mass is 35.5. The molecule has 2 rings (SSSR count). The van der Waals surface area contributed by atoms with E-state index in [1.165, 1.54) is 6.07 Å². The van der Waals surface area contributed by atoms with Crippen LogP contribution in [0.4, 0.5) is 0 Å². The third-order valence-electron chi connectivity index (χ3n) is 1.66. The van der Waals surface area contributed by atoms with Crippen LogP contribution >= 0.6 is 11.6 Å². The van der Waals surface area contributed by atoms with Crippen molar-refractivity contribution in [1.82, 2.24) is 4.98 Å². The van der Waals surface area contributed by atoms with E-state index in [2.05, 4.69) is 4.98 Å². The van der Waals surface area contributed by atoms with E-state index in [-0.39, 0.29) is 11.1 Å². The lowest BCUT2D eigenvalue weighted by Crippen LogP contribution is -1.92. The van der Waals surface area contributed by atoms with Crippen molar-refractivity contribution < 1.29 is 9.21 Å². The molecule has 0 saturated carbocycles. The fraction of sp³-hybridized carbons (Fsp3) is 0. The number of rotatable bonds is 1. The Morgan fingerprint density at radius 1 is 1.46 bits per heavy atom. The first-order valence-corrected chi connectivity index (χ1v) is 3.88. The van der Waals surface area contributed by atoms with Gasteiger partial charge in [-0.3, -0.25) is 9.78 Å². The molecule has 0 aliphatic heterocycles. The smallest absolute Gasteiger partial charge is 0.407 e. The first-order valence-electron chi connectivity index (χ1n) is 3.50. The number of nitrogens with one attached hydrogen (secondary N) is 1. The largest absolute Gasteiger partial charge is 0.417 e. The van der Waals surface area contributed by atoms with Crippen molar-refractivity contribution in [1.29, 1.82) is 0 Å². The summed E-state index contributed by atoms with van der Waals surface area (Å²) in [5.74, 6) is -0.597. The van der Waals surface area contributed by atoms with Crippen molar-refractivity contribution in [2.75, 3.05) is 0 Å². The summed E-state index contributed by atoms with van der Waals surface area (Å²) >= 11 is 5.28. The van der Waals surface area contributed by atoms with Crippen molar-refractivity contribution in [3.63, 3.8) is 0 Å². The molecule has 0 amide bonds. The highest BCUT2D eigenvalue weighted by Gasteiger charge is 2.10. The Labute approximate surface area is 77.1 Å². The predicted octanol–water partition coefficient (Wildman–Crippen LogP) is 1.50. The van der Waals surface area contributed by atoms with Crippen LogP contribution in [0.3, 0.4) is 0 Å². The minimum atomic E-state index is -0.645. The Balaban J connectivity index is 2.90. The molecular weight excluding hydrogens is 194 g/mol. The summed E-state index contributed by atoms with van der Waals surface area (Å²) in [6.45, 7) is 0. The lowest BCUT2D eigenvalue weighted by Gasteiger charge is -1.92. The topological polar surface area (TPSA) is 63.1 Å². The Morgan fingerprint density at radius 3 is 2.92 bits per heavy atom. The van der Waals surface area contributed by atoms with Crippen LogP contribution in [0.2, 0.25) is 0 Å². The number of fused-ring (bicyclic) bond motifs is 1. The lowest BCUT2D eigenvalue weighted by atomic mass is 10.2. The Hall–Kier alpha value is -1.55. The standard InChI is InChI=1S/C8H4ClNO3/c9-7(11)4-2-1-3-5-6(4)13-8(12)10-5/h1-3H,(H,10,12). The molecule has 66 valence electrons. The van der Waals surface area contributed by atoms with E-state index in [0.29, 0.717) is 5.52 Å². The van der Waals surface area contributed by atoms with Gasteiger partial charge in [0, 0.05) is 0 Å². The average molecular weight is 198 g/mol. The lowest BCUT2D eigenvalue weighted by molar-refractivity contribution is 0.108. The molecule has 1 heterocycles. The van der Waals surface area contributed by atoms with Crippen LogP contribution in [-0.4, -0.2) is 10.2 Å². The van der Waals surface area contributed by atoms with Gasteiger partial charge in [-0.2, -0.15) is 0 Å². The van der Waals surface area contributed by atoms with Crippen LogP contribution < -0.4 is 5.76 Å². The number of aromatic nitrogens is 1. The normalized spacial score (nSPS) is 10.5. The fourth-order valence-electron chi connectivity index (χ4n) is 1.13. The molecule has 0 bridgehead atoms. The highest BCUT2D eigenvalue weighted by Crippen LogP contribution is 2.16. The number of para-hydroxylation sites is 1. The molecule has 5 heteroatoms. The Morgan fingerprint density at radius 2 is 2.23 bits per heavy atom. The second-order valence-electron chi connectivity index (χ2n) is 2.47. The number of halogens is 1. The van der Waals surface area contributed by atoms with Crippen LogP contribution in [0.5, 0.6) is 0 Å². The van der Waals surface area contributed by atoms with Crippen molar-refractivity contribution in [3.8, 4) is 0 Å². The number of aromatic amines is 1. The van der Waals surface area contributed by atoms with Gasteiger partial charge in [0.1, 0.15) is 0 Å². The molecule has 4 nitrogen and oxygen atoms in total. The molecule has 13 heavy (non-hydrogen) atoms. The Kier molecular flexibility index (Phi) is 1.70. The maximum absolute atomic E-state index is 10.9. The molecule has 0 aliphatic carbocycles. The first kappa shape index (κ1) is 8.07. The second-order valence-corrected chi connectivity index (χ2v) is 2.81. The monoisotopic (exact) mass is 197 g/mol. The summed E-state index contributed by atoms with van der Waals surface area (Å²) in [7, 11) is 0. The third kappa shape index (κ3) is 1.25. The molecule has 2 aromatic rings. The van der Waals surface area contributed by atoms with E-state index in [0.717, 1.165) is 0 Å². The number of benzene rings is 1. The quantitative estimate of drug-likeness (QED) is 0.705. The molecule has 0 aliphatic rings. The molecular formula is C8H4ClNO3. The van der Waals surface area contributed by atoms with Crippen LogP contribution in [-0.2, 0) is 0 Å². The van der Waals surface area contributed by atoms with Gasteiger partial charge < -0.3 is 4.42 Å². The number of H-pyrrole nitrogens is 1. The number of carbonyl (C=O) groups excluding carboxylic acids is 1. The summed E-state index contributed by atoms with van der Waals surface area (Å²) in [4.78, 5) is 24.1. The van der Waals surface area contributed by atoms with Gasteiger partial charge in [-0.1, -0.05) is 6.07 Å². The van der Waals surface area contributed by atoms with Crippen molar-refractivity contribution in [2.24, 2.45) is 0 Å². The van der Waals surface area contributed by atoms with Gasteiger partial charge in [-0.05, 0) is 23.7 Å².